The highest BCUT2D eigenvalue weighted by atomic mass is 32.2. The molecule has 168 valence electrons. The van der Waals surface area contributed by atoms with Crippen LogP contribution in [0.2, 0.25) is 0 Å². The van der Waals surface area contributed by atoms with Crippen LogP contribution in [0.25, 0.3) is 11.3 Å². The summed E-state index contributed by atoms with van der Waals surface area (Å²) in [6.45, 7) is 1.85. The highest BCUT2D eigenvalue weighted by Crippen LogP contribution is 2.32. The van der Waals surface area contributed by atoms with Gasteiger partial charge in [-0.05, 0) is 55.3 Å². The summed E-state index contributed by atoms with van der Waals surface area (Å²) in [6, 6.07) is 11.4. The van der Waals surface area contributed by atoms with Crippen molar-refractivity contribution in [1.29, 1.82) is 0 Å². The van der Waals surface area contributed by atoms with Crippen LogP contribution < -0.4 is 9.62 Å². The third-order valence-electron chi connectivity index (χ3n) is 5.05. The van der Waals surface area contributed by atoms with Crippen LogP contribution in [0.15, 0.2) is 59.5 Å². The van der Waals surface area contributed by atoms with Gasteiger partial charge in [-0.1, -0.05) is 12.1 Å². The molecule has 1 aromatic heterocycles. The number of nitrogens with zero attached hydrogens (tertiary/aromatic N) is 3. The lowest BCUT2D eigenvalue weighted by Crippen LogP contribution is -2.19. The van der Waals surface area contributed by atoms with Gasteiger partial charge in [0.2, 0.25) is 0 Å². The van der Waals surface area contributed by atoms with Crippen LogP contribution in [-0.2, 0) is 16.2 Å². The van der Waals surface area contributed by atoms with Crippen LogP contribution in [0.3, 0.4) is 0 Å². The number of benzene rings is 2. The molecule has 2 heterocycles. The Kier molecular flexibility index (Phi) is 5.76. The molecule has 1 aliphatic rings. The van der Waals surface area contributed by atoms with Crippen LogP contribution in [0, 0.1) is 5.82 Å². The number of hydrogen-bond donors (Lipinski definition) is 1. The minimum atomic E-state index is -4.92. The highest BCUT2D eigenvalue weighted by molar-refractivity contribution is 7.92. The van der Waals surface area contributed by atoms with E-state index in [0.29, 0.717) is 29.5 Å². The monoisotopic (exact) mass is 466 g/mol. The number of rotatable bonds is 5. The Labute approximate surface area is 182 Å². The first-order valence-electron chi connectivity index (χ1n) is 9.72. The van der Waals surface area contributed by atoms with E-state index in [1.54, 1.807) is 18.2 Å². The second kappa shape index (κ2) is 8.38. The van der Waals surface area contributed by atoms with Gasteiger partial charge in [0.1, 0.15) is 5.82 Å². The summed E-state index contributed by atoms with van der Waals surface area (Å²) in [4.78, 5) is 1.51. The van der Waals surface area contributed by atoms with Crippen LogP contribution in [0.1, 0.15) is 18.4 Å². The second-order valence-corrected chi connectivity index (χ2v) is 8.98. The summed E-state index contributed by atoms with van der Waals surface area (Å²) in [5.74, 6) is -0.894. The van der Waals surface area contributed by atoms with Crippen LogP contribution in [0.5, 0.6) is 0 Å². The van der Waals surface area contributed by atoms with Gasteiger partial charge in [0.25, 0.3) is 10.0 Å². The Hall–Kier alpha value is -3.21. The number of sulfonamides is 1. The van der Waals surface area contributed by atoms with Crippen molar-refractivity contribution >= 4 is 21.5 Å². The molecule has 0 amide bonds. The molecule has 0 atom stereocenters. The zero-order chi connectivity index (χ0) is 22.9. The summed E-state index contributed by atoms with van der Waals surface area (Å²) >= 11 is 0. The zero-order valence-corrected chi connectivity index (χ0v) is 17.4. The summed E-state index contributed by atoms with van der Waals surface area (Å²) in [5.41, 5.74) is -0.276. The Morgan fingerprint density at radius 3 is 2.31 bits per heavy atom. The minimum absolute atomic E-state index is 0.147. The van der Waals surface area contributed by atoms with E-state index >= 15 is 0 Å². The van der Waals surface area contributed by atoms with Crippen molar-refractivity contribution < 1.29 is 26.0 Å². The van der Waals surface area contributed by atoms with Gasteiger partial charge in [0.15, 0.2) is 5.82 Å². The second-order valence-electron chi connectivity index (χ2n) is 7.30. The van der Waals surface area contributed by atoms with Crippen LogP contribution in [-0.4, -0.2) is 31.7 Å². The number of anilines is 2. The molecule has 3 aromatic rings. The van der Waals surface area contributed by atoms with Gasteiger partial charge in [-0.15, -0.1) is 10.2 Å². The van der Waals surface area contributed by atoms with E-state index in [2.05, 4.69) is 19.8 Å². The normalized spacial score (nSPS) is 14.6. The number of hydrogen-bond acceptors (Lipinski definition) is 5. The van der Waals surface area contributed by atoms with Gasteiger partial charge >= 0.3 is 6.18 Å². The predicted molar refractivity (Wildman–Crippen MR) is 111 cm³/mol. The average molecular weight is 466 g/mol. The van der Waals surface area contributed by atoms with Crippen molar-refractivity contribution in [3.05, 3.63) is 66.0 Å². The lowest BCUT2D eigenvalue weighted by molar-refractivity contribution is -0.140. The molecular weight excluding hydrogens is 448 g/mol. The van der Waals surface area contributed by atoms with Crippen molar-refractivity contribution in [2.24, 2.45) is 0 Å². The standard InChI is InChI=1S/C21H18F4N4O2S/c22-18-13-16(6-7-17(18)21(23,24)25)32(30,31)28-15-5-3-4-14(12-15)19-8-9-20(27-26-19)29-10-1-2-11-29/h3-9,12-13,28H,1-2,10-11H2. The largest absolute Gasteiger partial charge is 0.419 e. The SMILES string of the molecule is O=S(=O)(Nc1cccc(-c2ccc(N3CCCC3)nn2)c1)c1ccc(C(F)(F)F)c(F)c1. The molecule has 1 N–H and O–H groups in total. The molecule has 2 aromatic carbocycles. The third kappa shape index (κ3) is 4.67. The number of nitrogens with one attached hydrogen (secondary N) is 1. The predicted octanol–water partition coefficient (Wildman–Crippen LogP) is 4.70. The first kappa shape index (κ1) is 22.0. The smallest absolute Gasteiger partial charge is 0.355 e. The lowest BCUT2D eigenvalue weighted by Gasteiger charge is -2.15. The molecule has 0 unspecified atom stereocenters. The first-order chi connectivity index (χ1) is 15.1. The summed E-state index contributed by atoms with van der Waals surface area (Å²) in [6.07, 6.45) is -2.71. The van der Waals surface area contributed by atoms with Crippen molar-refractivity contribution in [3.63, 3.8) is 0 Å². The molecular formula is C21H18F4N4O2S. The summed E-state index contributed by atoms with van der Waals surface area (Å²) in [5, 5.41) is 8.44. The fraction of sp³-hybridized carbons (Fsp3) is 0.238. The number of alkyl halides is 3. The molecule has 1 aliphatic heterocycles. The molecule has 0 aliphatic carbocycles. The van der Waals surface area contributed by atoms with E-state index in [1.807, 2.05) is 6.07 Å². The van der Waals surface area contributed by atoms with Gasteiger partial charge < -0.3 is 4.90 Å². The fourth-order valence-corrected chi connectivity index (χ4v) is 4.50. The van der Waals surface area contributed by atoms with E-state index < -0.39 is 32.5 Å². The molecule has 4 rings (SSSR count). The molecule has 11 heteroatoms. The van der Waals surface area contributed by atoms with Gasteiger partial charge in [0, 0.05) is 24.3 Å². The molecule has 0 radical (unpaired) electrons. The molecule has 6 nitrogen and oxygen atoms in total. The van der Waals surface area contributed by atoms with E-state index in [-0.39, 0.29) is 5.69 Å². The summed E-state index contributed by atoms with van der Waals surface area (Å²) in [7, 11) is -4.31. The molecule has 32 heavy (non-hydrogen) atoms. The van der Waals surface area contributed by atoms with Gasteiger partial charge in [0.05, 0.1) is 16.2 Å². The fourth-order valence-electron chi connectivity index (χ4n) is 3.44. The maximum atomic E-state index is 13.8. The van der Waals surface area contributed by atoms with E-state index in [9.17, 15) is 26.0 Å². The molecule has 0 bridgehead atoms. The van der Waals surface area contributed by atoms with Crippen molar-refractivity contribution in [3.8, 4) is 11.3 Å². The van der Waals surface area contributed by atoms with E-state index in [0.717, 1.165) is 31.7 Å². The summed E-state index contributed by atoms with van der Waals surface area (Å²) < 4.78 is 79.4. The van der Waals surface area contributed by atoms with Gasteiger partial charge in [-0.2, -0.15) is 13.2 Å². The topological polar surface area (TPSA) is 75.2 Å². The maximum absolute atomic E-state index is 13.8. The van der Waals surface area contributed by atoms with Crippen molar-refractivity contribution in [1.82, 2.24) is 10.2 Å². The maximum Gasteiger partial charge on any atom is 0.419 e. The average Bonchev–Trinajstić information content (AvgIpc) is 3.28. The van der Waals surface area contributed by atoms with E-state index in [1.165, 1.54) is 12.1 Å². The third-order valence-corrected chi connectivity index (χ3v) is 6.43. The molecule has 0 saturated carbocycles. The van der Waals surface area contributed by atoms with Crippen molar-refractivity contribution in [2.75, 3.05) is 22.7 Å². The van der Waals surface area contributed by atoms with Crippen LogP contribution in [0.4, 0.5) is 29.1 Å². The Morgan fingerprint density at radius 1 is 0.938 bits per heavy atom. The Balaban J connectivity index is 1.55. The number of halogens is 4. The molecule has 0 spiro atoms. The van der Waals surface area contributed by atoms with Gasteiger partial charge in [-0.25, -0.2) is 12.8 Å². The van der Waals surface area contributed by atoms with Crippen molar-refractivity contribution in [2.45, 2.75) is 23.9 Å². The molecule has 1 fully saturated rings. The molecule has 1 saturated heterocycles. The van der Waals surface area contributed by atoms with Crippen LogP contribution >= 0.6 is 0 Å². The number of aromatic nitrogens is 2. The Bertz CT molecular complexity index is 1230. The van der Waals surface area contributed by atoms with E-state index in [4.69, 9.17) is 0 Å². The lowest BCUT2D eigenvalue weighted by atomic mass is 10.1. The first-order valence-corrected chi connectivity index (χ1v) is 11.2. The quantitative estimate of drug-likeness (QED) is 0.552. The minimum Gasteiger partial charge on any atom is -0.355 e. The zero-order valence-electron chi connectivity index (χ0n) is 16.6. The highest BCUT2D eigenvalue weighted by Gasteiger charge is 2.34. The van der Waals surface area contributed by atoms with Gasteiger partial charge in [-0.3, -0.25) is 4.72 Å². The Morgan fingerprint density at radius 2 is 1.69 bits per heavy atom.